The van der Waals surface area contributed by atoms with Crippen LogP contribution in [0.4, 0.5) is 0 Å². The molecule has 2 aromatic heterocycles. The van der Waals surface area contributed by atoms with Gasteiger partial charge in [0.05, 0.1) is 22.3 Å². The van der Waals surface area contributed by atoms with Crippen molar-refractivity contribution in [3.63, 3.8) is 0 Å². The van der Waals surface area contributed by atoms with Crippen molar-refractivity contribution in [3.8, 4) is 0 Å². The lowest BCUT2D eigenvalue weighted by atomic mass is 10.2. The van der Waals surface area contributed by atoms with Crippen molar-refractivity contribution < 1.29 is 9.90 Å². The number of imidazole rings is 1. The largest absolute Gasteiger partial charge is 0.478 e. The van der Waals surface area contributed by atoms with Crippen LogP contribution in [0.3, 0.4) is 0 Å². The van der Waals surface area contributed by atoms with Crippen LogP contribution in [-0.2, 0) is 20.0 Å². The van der Waals surface area contributed by atoms with Crippen molar-refractivity contribution in [1.82, 2.24) is 19.3 Å². The highest BCUT2D eigenvalue weighted by Gasteiger charge is 2.10. The number of carboxylic acid groups (broad SMARTS) is 1. The maximum Gasteiger partial charge on any atom is 0.335 e. The first-order valence-corrected chi connectivity index (χ1v) is 6.49. The lowest BCUT2D eigenvalue weighted by Crippen LogP contribution is -2.18. The zero-order valence-corrected chi connectivity index (χ0v) is 11.4. The molecule has 0 amide bonds. The fourth-order valence-corrected chi connectivity index (χ4v) is 2.34. The summed E-state index contributed by atoms with van der Waals surface area (Å²) in [6, 6.07) is 6.52. The molecule has 0 radical (unpaired) electrons. The van der Waals surface area contributed by atoms with Crippen molar-refractivity contribution in [2.24, 2.45) is 7.05 Å². The highest BCUT2D eigenvalue weighted by Crippen LogP contribution is 2.13. The Balaban J connectivity index is 1.93. The smallest absolute Gasteiger partial charge is 0.335 e. The topological polar surface area (TPSA) is 92.9 Å². The summed E-state index contributed by atoms with van der Waals surface area (Å²) in [4.78, 5) is 25.6. The zero-order chi connectivity index (χ0) is 15.0. The first-order valence-electron chi connectivity index (χ1n) is 6.49. The Labute approximate surface area is 119 Å². The van der Waals surface area contributed by atoms with Gasteiger partial charge in [0.15, 0.2) is 0 Å². The number of carboxylic acids is 1. The van der Waals surface area contributed by atoms with Gasteiger partial charge in [-0.3, -0.25) is 9.25 Å². The van der Waals surface area contributed by atoms with Crippen LogP contribution in [0.2, 0.25) is 0 Å². The number of aromatic nitrogens is 4. The number of hydrogen-bond donors (Lipinski definition) is 2. The van der Waals surface area contributed by atoms with Gasteiger partial charge in [-0.05, 0) is 24.3 Å². The zero-order valence-electron chi connectivity index (χ0n) is 11.4. The third kappa shape index (κ3) is 2.45. The Kier molecular flexibility index (Phi) is 3.09. The molecule has 0 saturated heterocycles. The normalized spacial score (nSPS) is 11.1. The van der Waals surface area contributed by atoms with Crippen molar-refractivity contribution >= 4 is 17.0 Å². The Morgan fingerprint density at radius 1 is 1.38 bits per heavy atom. The molecule has 108 valence electrons. The van der Waals surface area contributed by atoms with E-state index in [1.807, 2.05) is 19.3 Å². The molecule has 0 spiro atoms. The SMILES string of the molecule is Cn1ccc(CCn2c(=O)[nH]c3cc(C(=O)O)ccc32)n1. The molecular formula is C14H14N4O3. The summed E-state index contributed by atoms with van der Waals surface area (Å²) in [5.74, 6) is -1.01. The highest BCUT2D eigenvalue weighted by molar-refractivity contribution is 5.92. The molecule has 3 rings (SSSR count). The van der Waals surface area contributed by atoms with Gasteiger partial charge >= 0.3 is 11.7 Å². The second-order valence-electron chi connectivity index (χ2n) is 4.85. The molecule has 2 N–H and O–H groups in total. The molecule has 21 heavy (non-hydrogen) atoms. The van der Waals surface area contributed by atoms with Crippen LogP contribution in [0.5, 0.6) is 0 Å². The summed E-state index contributed by atoms with van der Waals surface area (Å²) in [5, 5.41) is 13.2. The van der Waals surface area contributed by atoms with E-state index in [0.717, 1.165) is 5.69 Å². The van der Waals surface area contributed by atoms with E-state index < -0.39 is 5.97 Å². The average molecular weight is 286 g/mol. The van der Waals surface area contributed by atoms with Gasteiger partial charge < -0.3 is 10.1 Å². The van der Waals surface area contributed by atoms with Crippen LogP contribution in [0.1, 0.15) is 16.1 Å². The second kappa shape index (κ2) is 4.93. The molecule has 0 unspecified atom stereocenters. The third-order valence-electron chi connectivity index (χ3n) is 3.38. The van der Waals surface area contributed by atoms with E-state index in [9.17, 15) is 9.59 Å². The number of rotatable bonds is 4. The third-order valence-corrected chi connectivity index (χ3v) is 3.38. The fraction of sp³-hybridized carbons (Fsp3) is 0.214. The molecule has 7 nitrogen and oxygen atoms in total. The van der Waals surface area contributed by atoms with Crippen LogP contribution in [0.25, 0.3) is 11.0 Å². The number of carbonyl (C=O) groups is 1. The number of benzene rings is 1. The van der Waals surface area contributed by atoms with Gasteiger partial charge in [0.25, 0.3) is 0 Å². The predicted octanol–water partition coefficient (Wildman–Crippen LogP) is 1.00. The Bertz CT molecular complexity index is 872. The number of hydrogen-bond acceptors (Lipinski definition) is 3. The number of nitrogens with zero attached hydrogens (tertiary/aromatic N) is 3. The highest BCUT2D eigenvalue weighted by atomic mass is 16.4. The average Bonchev–Trinajstić information content (AvgIpc) is 2.98. The van der Waals surface area contributed by atoms with Gasteiger partial charge in [-0.2, -0.15) is 5.10 Å². The molecule has 0 saturated carbocycles. The van der Waals surface area contributed by atoms with Crippen LogP contribution in [0, 0.1) is 0 Å². The lowest BCUT2D eigenvalue weighted by Gasteiger charge is -2.02. The molecule has 0 aliphatic carbocycles. The quantitative estimate of drug-likeness (QED) is 0.748. The molecular weight excluding hydrogens is 272 g/mol. The molecule has 0 aliphatic rings. The van der Waals surface area contributed by atoms with E-state index in [0.29, 0.717) is 24.0 Å². The molecule has 0 bridgehead atoms. The van der Waals surface area contributed by atoms with E-state index in [-0.39, 0.29) is 11.3 Å². The van der Waals surface area contributed by atoms with E-state index in [2.05, 4.69) is 10.1 Å². The number of aromatic amines is 1. The summed E-state index contributed by atoms with van der Waals surface area (Å²) in [6.45, 7) is 0.488. The van der Waals surface area contributed by atoms with E-state index in [1.165, 1.54) is 12.1 Å². The maximum absolute atomic E-state index is 12.0. The lowest BCUT2D eigenvalue weighted by molar-refractivity contribution is 0.0697. The molecule has 7 heteroatoms. The maximum atomic E-state index is 12.0. The van der Waals surface area contributed by atoms with Gasteiger partial charge in [0, 0.05) is 26.2 Å². The molecule has 1 aromatic carbocycles. The minimum Gasteiger partial charge on any atom is -0.478 e. The van der Waals surface area contributed by atoms with Crippen molar-refractivity contribution in [2.75, 3.05) is 0 Å². The predicted molar refractivity (Wildman–Crippen MR) is 76.4 cm³/mol. The Hall–Kier alpha value is -2.83. The van der Waals surface area contributed by atoms with Crippen molar-refractivity contribution in [3.05, 3.63) is 52.2 Å². The summed E-state index contributed by atoms with van der Waals surface area (Å²) < 4.78 is 3.31. The van der Waals surface area contributed by atoms with Gasteiger partial charge in [0.1, 0.15) is 0 Å². The fourth-order valence-electron chi connectivity index (χ4n) is 2.34. The van der Waals surface area contributed by atoms with Crippen LogP contribution in [0.15, 0.2) is 35.3 Å². The number of aromatic carboxylic acids is 1. The molecule has 0 aliphatic heterocycles. The number of fused-ring (bicyclic) bond motifs is 1. The molecule has 3 aromatic rings. The summed E-state index contributed by atoms with van der Waals surface area (Å²) in [5.41, 5.74) is 2.03. The monoisotopic (exact) mass is 286 g/mol. The van der Waals surface area contributed by atoms with Gasteiger partial charge in [-0.1, -0.05) is 0 Å². The standard InChI is InChI=1S/C14H14N4O3/c1-17-6-4-10(16-17)5-7-18-12-3-2-9(13(19)20)8-11(12)15-14(18)21/h2-4,6,8H,5,7H2,1H3,(H,15,21)(H,19,20). The van der Waals surface area contributed by atoms with E-state index in [4.69, 9.17) is 5.11 Å². The first kappa shape index (κ1) is 13.2. The van der Waals surface area contributed by atoms with Crippen molar-refractivity contribution in [1.29, 1.82) is 0 Å². The van der Waals surface area contributed by atoms with Crippen LogP contribution < -0.4 is 5.69 Å². The number of aryl methyl sites for hydroxylation is 3. The number of nitrogens with one attached hydrogen (secondary N) is 1. The van der Waals surface area contributed by atoms with Crippen LogP contribution in [-0.4, -0.2) is 30.4 Å². The van der Waals surface area contributed by atoms with Gasteiger partial charge in [0.2, 0.25) is 0 Å². The minimum atomic E-state index is -1.01. The van der Waals surface area contributed by atoms with Crippen LogP contribution >= 0.6 is 0 Å². The summed E-state index contributed by atoms with van der Waals surface area (Å²) in [7, 11) is 1.84. The number of H-pyrrole nitrogens is 1. The van der Waals surface area contributed by atoms with Gasteiger partial charge in [-0.25, -0.2) is 9.59 Å². The Morgan fingerprint density at radius 3 is 2.86 bits per heavy atom. The molecule has 0 atom stereocenters. The summed E-state index contributed by atoms with van der Waals surface area (Å²) >= 11 is 0. The van der Waals surface area contributed by atoms with Crippen molar-refractivity contribution in [2.45, 2.75) is 13.0 Å². The summed E-state index contributed by atoms with van der Waals surface area (Å²) in [6.07, 6.45) is 2.49. The minimum absolute atomic E-state index is 0.153. The molecule has 2 heterocycles. The van der Waals surface area contributed by atoms with E-state index in [1.54, 1.807) is 15.3 Å². The second-order valence-corrected chi connectivity index (χ2v) is 4.85. The van der Waals surface area contributed by atoms with E-state index >= 15 is 0 Å². The first-order chi connectivity index (χ1) is 10.0. The Morgan fingerprint density at radius 2 is 2.19 bits per heavy atom. The molecule has 0 fully saturated rings. The van der Waals surface area contributed by atoms with Gasteiger partial charge in [-0.15, -0.1) is 0 Å².